The van der Waals surface area contributed by atoms with E-state index < -0.39 is 8.07 Å². The molecule has 0 aromatic heterocycles. The van der Waals surface area contributed by atoms with Gasteiger partial charge in [-0.2, -0.15) is 0 Å². The molecule has 0 saturated carbocycles. The molecular weight excluding hydrogens is 208 g/mol. The van der Waals surface area contributed by atoms with Crippen molar-refractivity contribution in [2.24, 2.45) is 0 Å². The van der Waals surface area contributed by atoms with Gasteiger partial charge in [0.15, 0.2) is 0 Å². The SMILES string of the molecule is CCC[Si]1(C2C=Cc3ccccc32)CCC1. The first-order valence-corrected chi connectivity index (χ1v) is 9.33. The van der Waals surface area contributed by atoms with E-state index in [0.29, 0.717) is 0 Å². The lowest BCUT2D eigenvalue weighted by molar-refractivity contribution is 0.810. The van der Waals surface area contributed by atoms with Crippen LogP contribution in [0.5, 0.6) is 0 Å². The summed E-state index contributed by atoms with van der Waals surface area (Å²) in [6, 6.07) is 13.7. The van der Waals surface area contributed by atoms with E-state index in [0.717, 1.165) is 5.54 Å². The van der Waals surface area contributed by atoms with E-state index in [4.69, 9.17) is 0 Å². The maximum absolute atomic E-state index is 2.52. The van der Waals surface area contributed by atoms with Gasteiger partial charge >= 0.3 is 0 Å². The molecular formula is C15H20Si. The first-order valence-electron chi connectivity index (χ1n) is 6.63. The number of hydrogen-bond acceptors (Lipinski definition) is 0. The van der Waals surface area contributed by atoms with Gasteiger partial charge in [-0.3, -0.25) is 0 Å². The largest absolute Gasteiger partial charge is 0.0791 e. The van der Waals surface area contributed by atoms with Crippen LogP contribution in [0.2, 0.25) is 18.1 Å². The van der Waals surface area contributed by atoms with Crippen molar-refractivity contribution in [1.82, 2.24) is 0 Å². The van der Waals surface area contributed by atoms with Crippen LogP contribution in [-0.4, -0.2) is 8.07 Å². The molecule has 0 amide bonds. The Morgan fingerprint density at radius 1 is 1.25 bits per heavy atom. The van der Waals surface area contributed by atoms with Crippen LogP contribution in [-0.2, 0) is 0 Å². The topological polar surface area (TPSA) is 0 Å². The van der Waals surface area contributed by atoms with Gasteiger partial charge in [0.25, 0.3) is 0 Å². The van der Waals surface area contributed by atoms with Gasteiger partial charge in [-0.05, 0) is 16.7 Å². The fourth-order valence-electron chi connectivity index (χ4n) is 3.63. The molecule has 84 valence electrons. The molecule has 1 unspecified atom stereocenters. The molecule has 1 fully saturated rings. The number of hydrogen-bond donors (Lipinski definition) is 0. The second-order valence-electron chi connectivity index (χ2n) is 5.43. The van der Waals surface area contributed by atoms with Crippen LogP contribution in [0.15, 0.2) is 30.3 Å². The lowest BCUT2D eigenvalue weighted by atomic mass is 10.1. The highest BCUT2D eigenvalue weighted by Gasteiger charge is 2.46. The third-order valence-corrected chi connectivity index (χ3v) is 10.6. The van der Waals surface area contributed by atoms with Crippen LogP contribution < -0.4 is 0 Å². The highest BCUT2D eigenvalue weighted by atomic mass is 28.3. The van der Waals surface area contributed by atoms with Crippen LogP contribution in [0.4, 0.5) is 0 Å². The molecule has 1 aromatic rings. The molecule has 1 aliphatic heterocycles. The Kier molecular flexibility index (Phi) is 2.51. The summed E-state index contributed by atoms with van der Waals surface area (Å²) >= 11 is 0. The number of benzene rings is 1. The van der Waals surface area contributed by atoms with E-state index in [9.17, 15) is 0 Å². The highest BCUT2D eigenvalue weighted by Crippen LogP contribution is 2.50. The molecule has 2 aliphatic rings. The van der Waals surface area contributed by atoms with Crippen molar-refractivity contribution in [2.45, 2.75) is 43.4 Å². The summed E-state index contributed by atoms with van der Waals surface area (Å²) in [6.07, 6.45) is 7.77. The number of rotatable bonds is 3. The Morgan fingerprint density at radius 2 is 2.06 bits per heavy atom. The van der Waals surface area contributed by atoms with Gasteiger partial charge in [0.2, 0.25) is 0 Å². The Morgan fingerprint density at radius 3 is 2.75 bits per heavy atom. The van der Waals surface area contributed by atoms with Gasteiger partial charge in [-0.25, -0.2) is 0 Å². The molecule has 1 saturated heterocycles. The molecule has 16 heavy (non-hydrogen) atoms. The molecule has 1 aliphatic carbocycles. The second-order valence-corrected chi connectivity index (χ2v) is 10.3. The second kappa shape index (κ2) is 3.88. The molecule has 1 atom stereocenters. The summed E-state index contributed by atoms with van der Waals surface area (Å²) in [5.41, 5.74) is 3.97. The summed E-state index contributed by atoms with van der Waals surface area (Å²) in [5.74, 6) is 0. The molecule has 0 radical (unpaired) electrons. The zero-order chi connectivity index (χ0) is 11.0. The van der Waals surface area contributed by atoms with Crippen LogP contribution in [0.1, 0.15) is 36.4 Å². The van der Waals surface area contributed by atoms with Crippen LogP contribution >= 0.6 is 0 Å². The van der Waals surface area contributed by atoms with Crippen molar-refractivity contribution >= 4 is 14.1 Å². The van der Waals surface area contributed by atoms with Gasteiger partial charge in [0.05, 0.1) is 8.07 Å². The van der Waals surface area contributed by atoms with Crippen molar-refractivity contribution in [1.29, 1.82) is 0 Å². The van der Waals surface area contributed by atoms with E-state index in [1.54, 1.807) is 17.7 Å². The summed E-state index contributed by atoms with van der Waals surface area (Å²) in [7, 11) is -0.948. The lowest BCUT2D eigenvalue weighted by Gasteiger charge is -2.44. The van der Waals surface area contributed by atoms with Gasteiger partial charge in [-0.15, -0.1) is 0 Å². The van der Waals surface area contributed by atoms with Crippen molar-refractivity contribution < 1.29 is 0 Å². The van der Waals surface area contributed by atoms with Gasteiger partial charge in [0.1, 0.15) is 0 Å². The Labute approximate surface area is 99.4 Å². The minimum absolute atomic E-state index is 0.845. The molecule has 0 bridgehead atoms. The lowest BCUT2D eigenvalue weighted by Crippen LogP contribution is -2.46. The predicted octanol–water partition coefficient (Wildman–Crippen LogP) is 4.60. The van der Waals surface area contributed by atoms with Crippen molar-refractivity contribution in [3.63, 3.8) is 0 Å². The zero-order valence-electron chi connectivity index (χ0n) is 10.1. The Hall–Kier alpha value is -0.823. The molecule has 0 spiro atoms. The van der Waals surface area contributed by atoms with E-state index in [-0.39, 0.29) is 0 Å². The molecule has 0 nitrogen and oxygen atoms in total. The molecule has 1 heterocycles. The van der Waals surface area contributed by atoms with Gasteiger partial charge in [-0.1, -0.05) is 74.3 Å². The van der Waals surface area contributed by atoms with Crippen LogP contribution in [0, 0.1) is 0 Å². The smallest absolute Gasteiger partial charge is 0.0657 e. The minimum Gasteiger partial charge on any atom is -0.0791 e. The number of allylic oxidation sites excluding steroid dienone is 1. The zero-order valence-corrected chi connectivity index (χ0v) is 11.1. The third-order valence-electron chi connectivity index (χ3n) is 4.56. The summed E-state index contributed by atoms with van der Waals surface area (Å²) in [6.45, 7) is 2.36. The maximum Gasteiger partial charge on any atom is 0.0657 e. The fraction of sp³-hybridized carbons (Fsp3) is 0.467. The Bertz CT molecular complexity index is 415. The Balaban J connectivity index is 1.94. The van der Waals surface area contributed by atoms with E-state index in [1.807, 2.05) is 0 Å². The van der Waals surface area contributed by atoms with E-state index in [2.05, 4.69) is 43.3 Å². The van der Waals surface area contributed by atoms with E-state index >= 15 is 0 Å². The highest BCUT2D eigenvalue weighted by molar-refractivity contribution is 6.84. The third kappa shape index (κ3) is 1.41. The van der Waals surface area contributed by atoms with Crippen molar-refractivity contribution in [3.05, 3.63) is 41.5 Å². The van der Waals surface area contributed by atoms with Crippen LogP contribution in [0.25, 0.3) is 6.08 Å². The summed E-state index contributed by atoms with van der Waals surface area (Å²) < 4.78 is 0. The molecule has 1 heteroatoms. The minimum atomic E-state index is -0.948. The van der Waals surface area contributed by atoms with Crippen molar-refractivity contribution in [2.75, 3.05) is 0 Å². The first kappa shape index (κ1) is 10.3. The maximum atomic E-state index is 2.52. The average molecular weight is 228 g/mol. The van der Waals surface area contributed by atoms with E-state index in [1.165, 1.54) is 24.4 Å². The fourth-order valence-corrected chi connectivity index (χ4v) is 8.75. The van der Waals surface area contributed by atoms with Gasteiger partial charge < -0.3 is 0 Å². The molecule has 1 aromatic carbocycles. The summed E-state index contributed by atoms with van der Waals surface area (Å²) in [5, 5.41) is 0. The normalized spacial score (nSPS) is 25.2. The number of fused-ring (bicyclic) bond motifs is 1. The van der Waals surface area contributed by atoms with Crippen LogP contribution in [0.3, 0.4) is 0 Å². The molecule has 0 N–H and O–H groups in total. The average Bonchev–Trinajstić information content (AvgIpc) is 2.68. The quantitative estimate of drug-likeness (QED) is 0.663. The monoisotopic (exact) mass is 228 g/mol. The van der Waals surface area contributed by atoms with Gasteiger partial charge in [0, 0.05) is 0 Å². The first-order chi connectivity index (χ1) is 7.86. The summed E-state index contributed by atoms with van der Waals surface area (Å²) in [4.78, 5) is 0. The van der Waals surface area contributed by atoms with Crippen molar-refractivity contribution in [3.8, 4) is 0 Å². The standard InChI is InChI=1S/C15H20Si/c1-2-10-16(11-5-12-16)15-9-8-13-6-3-4-7-14(13)15/h3-4,6-9,15H,2,5,10-12H2,1H3. The predicted molar refractivity (Wildman–Crippen MR) is 73.3 cm³/mol. The molecule has 3 rings (SSSR count).